The second-order valence-electron chi connectivity index (χ2n) is 8.07. The van der Waals surface area contributed by atoms with Crippen molar-refractivity contribution < 1.29 is 14.9 Å². The Kier molecular flexibility index (Phi) is 3.13. The Morgan fingerprint density at radius 3 is 3.04 bits per heavy atom. The molecule has 25 heavy (non-hydrogen) atoms. The number of phenols is 1. The minimum absolute atomic E-state index is 0.0751. The van der Waals surface area contributed by atoms with E-state index in [9.17, 15) is 10.2 Å². The summed E-state index contributed by atoms with van der Waals surface area (Å²) in [6.45, 7) is 5.62. The number of aromatic hydroxyl groups is 1. The summed E-state index contributed by atoms with van der Waals surface area (Å²) in [6, 6.07) is 4.03. The van der Waals surface area contributed by atoms with Crippen molar-refractivity contribution in [2.45, 2.75) is 54.9 Å². The maximum absolute atomic E-state index is 12.0. The molecule has 1 aromatic carbocycles. The lowest BCUT2D eigenvalue weighted by Crippen LogP contribution is -2.77. The number of phenolic OH excluding ortho intramolecular Hbond substituents is 1. The summed E-state index contributed by atoms with van der Waals surface area (Å²) in [7, 11) is 1.96. The molecule has 2 aliphatic carbocycles. The fourth-order valence-electron chi connectivity index (χ4n) is 6.31. The van der Waals surface area contributed by atoms with Gasteiger partial charge in [0.2, 0.25) is 0 Å². The van der Waals surface area contributed by atoms with E-state index in [0.29, 0.717) is 5.75 Å². The van der Waals surface area contributed by atoms with E-state index >= 15 is 0 Å². The number of hydrogen-bond donors (Lipinski definition) is 3. The first kappa shape index (κ1) is 15.7. The Morgan fingerprint density at radius 1 is 1.44 bits per heavy atom. The van der Waals surface area contributed by atoms with Crippen LogP contribution in [0.4, 0.5) is 0 Å². The van der Waals surface area contributed by atoms with E-state index in [2.05, 4.69) is 16.8 Å². The second kappa shape index (κ2) is 5.00. The number of likely N-dealkylation sites (N-methyl/N-ethyl adjacent to an activating group) is 1. The van der Waals surface area contributed by atoms with Crippen LogP contribution in [0, 0.1) is 0 Å². The van der Waals surface area contributed by atoms with Crippen LogP contribution in [-0.2, 0) is 11.8 Å². The number of benzene rings is 1. The molecule has 1 saturated heterocycles. The number of likely N-dealkylation sites (tertiary alicyclic amines) is 1. The zero-order valence-corrected chi connectivity index (χ0v) is 14.7. The van der Waals surface area contributed by atoms with Crippen LogP contribution in [-0.4, -0.2) is 59.0 Å². The number of nitrogens with one attached hydrogen (secondary N) is 1. The van der Waals surface area contributed by atoms with Crippen molar-refractivity contribution in [2.75, 3.05) is 20.1 Å². The molecule has 0 unspecified atom stereocenters. The first-order valence-electron chi connectivity index (χ1n) is 9.33. The number of hydrogen-bond acceptors (Lipinski definition) is 5. The highest BCUT2D eigenvalue weighted by molar-refractivity contribution is 5.62. The number of piperidine rings is 1. The maximum atomic E-state index is 12.0. The van der Waals surface area contributed by atoms with Crippen molar-refractivity contribution in [3.8, 4) is 11.5 Å². The molecule has 5 heteroatoms. The molecule has 2 heterocycles. The zero-order valence-electron chi connectivity index (χ0n) is 14.7. The Bertz CT molecular complexity index is 751. The summed E-state index contributed by atoms with van der Waals surface area (Å²) in [5.41, 5.74) is 1.05. The minimum Gasteiger partial charge on any atom is -0.504 e. The van der Waals surface area contributed by atoms with Crippen molar-refractivity contribution >= 4 is 0 Å². The molecule has 5 nitrogen and oxygen atoms in total. The van der Waals surface area contributed by atoms with Gasteiger partial charge in [0.25, 0.3) is 0 Å². The molecule has 5 atom stereocenters. The van der Waals surface area contributed by atoms with Crippen molar-refractivity contribution in [2.24, 2.45) is 0 Å². The Labute approximate surface area is 148 Å². The second-order valence-corrected chi connectivity index (χ2v) is 8.07. The molecule has 2 fully saturated rings. The third-order valence-electron chi connectivity index (χ3n) is 7.31. The average Bonchev–Trinajstić information content (AvgIpc) is 2.95. The predicted molar refractivity (Wildman–Crippen MR) is 95.1 cm³/mol. The van der Waals surface area contributed by atoms with Crippen molar-refractivity contribution in [1.82, 2.24) is 10.2 Å². The van der Waals surface area contributed by atoms with Crippen molar-refractivity contribution in [3.63, 3.8) is 0 Å². The van der Waals surface area contributed by atoms with E-state index < -0.39 is 11.0 Å². The Balaban J connectivity index is 1.76. The number of nitrogens with zero attached hydrogens (tertiary/aromatic N) is 1. The molecule has 1 aromatic rings. The monoisotopic (exact) mass is 342 g/mol. The van der Waals surface area contributed by atoms with Gasteiger partial charge < -0.3 is 20.3 Å². The lowest BCUT2D eigenvalue weighted by Gasteiger charge is -2.64. The highest BCUT2D eigenvalue weighted by atomic mass is 16.5. The number of aliphatic hydroxyl groups is 1. The third kappa shape index (κ3) is 1.65. The normalized spacial score (nSPS) is 41.1. The molecule has 3 N–H and O–H groups in total. The van der Waals surface area contributed by atoms with Gasteiger partial charge in [0.1, 0.15) is 6.10 Å². The summed E-state index contributed by atoms with van der Waals surface area (Å²) in [4.78, 5) is 2.38. The van der Waals surface area contributed by atoms with Crippen LogP contribution in [0.2, 0.25) is 0 Å². The average molecular weight is 342 g/mol. The van der Waals surface area contributed by atoms with E-state index in [-0.39, 0.29) is 23.9 Å². The quantitative estimate of drug-likeness (QED) is 0.723. The molecule has 0 radical (unpaired) electrons. The van der Waals surface area contributed by atoms with Crippen LogP contribution in [0.25, 0.3) is 0 Å². The lowest BCUT2D eigenvalue weighted by atomic mass is 9.48. The summed E-state index contributed by atoms with van der Waals surface area (Å²) in [5.74, 6) is 0.811. The highest BCUT2D eigenvalue weighted by Crippen LogP contribution is 2.65. The van der Waals surface area contributed by atoms with Gasteiger partial charge in [-0.15, -0.1) is 6.58 Å². The number of ether oxygens (including phenoxy) is 1. The highest BCUT2D eigenvalue weighted by Gasteiger charge is 2.72. The smallest absolute Gasteiger partial charge is 0.165 e. The molecular weight excluding hydrogens is 316 g/mol. The standard InChI is InChI=1S/C20H26N2O3/c1-3-9-22-10-8-19-16-12-4-5-14(23)17(16)25-18(19)13(21-2)6-7-20(19,24)15(22)11-12/h3-5,13,15,18,21,23-24H,1,6-11H2,2H3/t13-,15+,18+,19+,20-/m1/s1. The van der Waals surface area contributed by atoms with Crippen LogP contribution in [0.3, 0.4) is 0 Å². The van der Waals surface area contributed by atoms with Gasteiger partial charge in [0.15, 0.2) is 11.5 Å². The van der Waals surface area contributed by atoms with Gasteiger partial charge in [-0.2, -0.15) is 0 Å². The van der Waals surface area contributed by atoms with Crippen molar-refractivity contribution in [1.29, 1.82) is 0 Å². The fraction of sp³-hybridized carbons (Fsp3) is 0.600. The topological polar surface area (TPSA) is 65.0 Å². The first-order chi connectivity index (χ1) is 12.1. The SMILES string of the molecule is C=CCN1CC[C@]23c4c5ccc(O)c4O[C@H]2[C@H](NC)CC[C@@]3(O)[C@@H]1C5. The minimum atomic E-state index is -0.821. The van der Waals surface area contributed by atoms with Gasteiger partial charge in [-0.1, -0.05) is 12.1 Å². The molecule has 2 aliphatic heterocycles. The van der Waals surface area contributed by atoms with Gasteiger partial charge in [-0.25, -0.2) is 0 Å². The van der Waals surface area contributed by atoms with E-state index in [1.807, 2.05) is 19.2 Å². The Morgan fingerprint density at radius 2 is 2.28 bits per heavy atom. The summed E-state index contributed by atoms with van der Waals surface area (Å²) in [5, 5.41) is 25.9. The zero-order chi connectivity index (χ0) is 17.4. The molecule has 1 spiro atoms. The molecule has 0 aromatic heterocycles. The van der Waals surface area contributed by atoms with Gasteiger partial charge in [-0.05, 0) is 50.9 Å². The summed E-state index contributed by atoms with van der Waals surface area (Å²) in [6.07, 6.45) is 5.08. The first-order valence-corrected chi connectivity index (χ1v) is 9.33. The fourth-order valence-corrected chi connectivity index (χ4v) is 6.31. The van der Waals surface area contributed by atoms with Crippen molar-refractivity contribution in [3.05, 3.63) is 35.9 Å². The molecule has 0 amide bonds. The molecule has 134 valence electrons. The van der Waals surface area contributed by atoms with E-state index in [1.165, 1.54) is 5.56 Å². The van der Waals surface area contributed by atoms with Gasteiger partial charge in [0, 0.05) is 24.2 Å². The predicted octanol–water partition coefficient (Wildman–Crippen LogP) is 1.32. The van der Waals surface area contributed by atoms with Gasteiger partial charge in [0.05, 0.1) is 11.0 Å². The van der Waals surface area contributed by atoms with Crippen LogP contribution in [0.5, 0.6) is 11.5 Å². The molecule has 4 aliphatic rings. The van der Waals surface area contributed by atoms with E-state index in [0.717, 1.165) is 44.3 Å². The van der Waals surface area contributed by atoms with Crippen LogP contribution < -0.4 is 10.1 Å². The Hall–Kier alpha value is -1.56. The van der Waals surface area contributed by atoms with Crippen LogP contribution in [0.1, 0.15) is 30.4 Å². The molecule has 1 saturated carbocycles. The molecular formula is C20H26N2O3. The van der Waals surface area contributed by atoms with Gasteiger partial charge in [-0.3, -0.25) is 4.90 Å². The van der Waals surface area contributed by atoms with Gasteiger partial charge >= 0.3 is 0 Å². The molecule has 5 rings (SSSR count). The third-order valence-corrected chi connectivity index (χ3v) is 7.31. The van der Waals surface area contributed by atoms with Crippen LogP contribution in [0.15, 0.2) is 24.8 Å². The lowest BCUT2D eigenvalue weighted by molar-refractivity contribution is -0.189. The summed E-state index contributed by atoms with van der Waals surface area (Å²) < 4.78 is 6.36. The van der Waals surface area contributed by atoms with E-state index in [1.54, 1.807) is 6.07 Å². The van der Waals surface area contributed by atoms with E-state index in [4.69, 9.17) is 4.74 Å². The molecule has 2 bridgehead atoms. The largest absolute Gasteiger partial charge is 0.504 e. The number of rotatable bonds is 3. The van der Waals surface area contributed by atoms with Crippen LogP contribution >= 0.6 is 0 Å². The maximum Gasteiger partial charge on any atom is 0.165 e. The summed E-state index contributed by atoms with van der Waals surface area (Å²) >= 11 is 0.